The van der Waals surface area contributed by atoms with E-state index in [2.05, 4.69) is 29.5 Å². The monoisotopic (exact) mass is 236 g/mol. The molecule has 0 spiro atoms. The van der Waals surface area contributed by atoms with Gasteiger partial charge >= 0.3 is 0 Å². The second-order valence-corrected chi connectivity index (χ2v) is 5.39. The minimum Gasteiger partial charge on any atom is -0.308 e. The lowest BCUT2D eigenvalue weighted by molar-refractivity contribution is 0.343. The maximum atomic E-state index is 4.06. The molecule has 96 valence electrons. The molecule has 0 saturated heterocycles. The van der Waals surface area contributed by atoms with Crippen molar-refractivity contribution in [2.75, 3.05) is 6.54 Å². The van der Waals surface area contributed by atoms with E-state index in [0.29, 0.717) is 6.04 Å². The lowest BCUT2D eigenvalue weighted by atomic mass is 9.94. The molecule has 3 atom stereocenters. The molecule has 0 radical (unpaired) electrons. The summed E-state index contributed by atoms with van der Waals surface area (Å²) in [5, 5.41) is 11.8. The standard InChI is InChI=1S/C13H24N4/c1-4-7-14-13(11-6-5-10(2)8-11)12-9-15-16-17(12)3/h9-11,13-14H,4-8H2,1-3H3. The Morgan fingerprint density at radius 1 is 1.53 bits per heavy atom. The van der Waals surface area contributed by atoms with Crippen LogP contribution in [0.1, 0.15) is 51.3 Å². The number of aromatic nitrogens is 3. The largest absolute Gasteiger partial charge is 0.308 e. The van der Waals surface area contributed by atoms with Gasteiger partial charge in [0.05, 0.1) is 17.9 Å². The van der Waals surface area contributed by atoms with E-state index < -0.39 is 0 Å². The average molecular weight is 236 g/mol. The first-order valence-corrected chi connectivity index (χ1v) is 6.80. The number of nitrogens with one attached hydrogen (secondary N) is 1. The molecule has 0 aliphatic heterocycles. The van der Waals surface area contributed by atoms with Crippen molar-refractivity contribution in [3.05, 3.63) is 11.9 Å². The van der Waals surface area contributed by atoms with Crippen molar-refractivity contribution in [1.29, 1.82) is 0 Å². The minimum absolute atomic E-state index is 0.430. The van der Waals surface area contributed by atoms with Gasteiger partial charge < -0.3 is 5.32 Å². The highest BCUT2D eigenvalue weighted by molar-refractivity contribution is 5.05. The molecule has 17 heavy (non-hydrogen) atoms. The van der Waals surface area contributed by atoms with Crippen LogP contribution < -0.4 is 5.32 Å². The summed E-state index contributed by atoms with van der Waals surface area (Å²) in [6, 6.07) is 0.430. The lowest BCUT2D eigenvalue weighted by Crippen LogP contribution is -2.29. The van der Waals surface area contributed by atoms with Gasteiger partial charge in [0.1, 0.15) is 0 Å². The molecule has 4 nitrogen and oxygen atoms in total. The van der Waals surface area contributed by atoms with Crippen LogP contribution in [0.3, 0.4) is 0 Å². The Labute approximate surface area is 104 Å². The number of nitrogens with zero attached hydrogens (tertiary/aromatic N) is 3. The fourth-order valence-corrected chi connectivity index (χ4v) is 2.95. The molecule has 1 aliphatic rings. The van der Waals surface area contributed by atoms with Crippen molar-refractivity contribution in [1.82, 2.24) is 20.3 Å². The molecule has 1 N–H and O–H groups in total. The Kier molecular flexibility index (Phi) is 4.15. The molecule has 0 aromatic carbocycles. The maximum absolute atomic E-state index is 4.06. The van der Waals surface area contributed by atoms with Gasteiger partial charge in [-0.05, 0) is 37.6 Å². The molecule has 1 saturated carbocycles. The van der Waals surface area contributed by atoms with Gasteiger partial charge in [-0.3, -0.25) is 4.68 Å². The number of hydrogen-bond donors (Lipinski definition) is 1. The summed E-state index contributed by atoms with van der Waals surface area (Å²) in [6.45, 7) is 5.64. The highest BCUT2D eigenvalue weighted by Gasteiger charge is 2.31. The van der Waals surface area contributed by atoms with E-state index in [1.807, 2.05) is 17.9 Å². The molecule has 1 aliphatic carbocycles. The summed E-state index contributed by atoms with van der Waals surface area (Å²) in [4.78, 5) is 0. The van der Waals surface area contributed by atoms with Crippen LogP contribution in [0.4, 0.5) is 0 Å². The van der Waals surface area contributed by atoms with Crippen molar-refractivity contribution in [2.45, 2.75) is 45.6 Å². The molecule has 4 heteroatoms. The SMILES string of the molecule is CCCNC(c1cnnn1C)C1CCC(C)C1. The van der Waals surface area contributed by atoms with E-state index in [-0.39, 0.29) is 0 Å². The third-order valence-corrected chi connectivity index (χ3v) is 3.89. The molecule has 1 aromatic rings. The van der Waals surface area contributed by atoms with E-state index in [0.717, 1.165) is 18.4 Å². The van der Waals surface area contributed by atoms with Crippen LogP contribution in [0.2, 0.25) is 0 Å². The van der Waals surface area contributed by atoms with Crippen molar-refractivity contribution < 1.29 is 0 Å². The summed E-state index contributed by atoms with van der Waals surface area (Å²) in [6.07, 6.45) is 7.10. The van der Waals surface area contributed by atoms with Crippen LogP contribution in [0, 0.1) is 11.8 Å². The topological polar surface area (TPSA) is 42.7 Å². The van der Waals surface area contributed by atoms with Crippen molar-refractivity contribution in [3.8, 4) is 0 Å². The van der Waals surface area contributed by atoms with Gasteiger partial charge in [-0.2, -0.15) is 0 Å². The number of rotatable bonds is 5. The second-order valence-electron chi connectivity index (χ2n) is 5.39. The normalized spacial score (nSPS) is 26.3. The number of hydrogen-bond acceptors (Lipinski definition) is 3. The van der Waals surface area contributed by atoms with Gasteiger partial charge in [0.25, 0.3) is 0 Å². The quantitative estimate of drug-likeness (QED) is 0.853. The van der Waals surface area contributed by atoms with Crippen molar-refractivity contribution in [2.24, 2.45) is 18.9 Å². The molecule has 2 rings (SSSR count). The van der Waals surface area contributed by atoms with Gasteiger partial charge in [0, 0.05) is 7.05 Å². The third kappa shape index (κ3) is 2.86. The first-order valence-electron chi connectivity index (χ1n) is 6.80. The van der Waals surface area contributed by atoms with E-state index >= 15 is 0 Å². The molecule has 0 bridgehead atoms. The van der Waals surface area contributed by atoms with Gasteiger partial charge in [-0.15, -0.1) is 5.10 Å². The zero-order valence-corrected chi connectivity index (χ0v) is 11.2. The van der Waals surface area contributed by atoms with Gasteiger partial charge in [-0.1, -0.05) is 25.5 Å². The Morgan fingerprint density at radius 2 is 2.35 bits per heavy atom. The van der Waals surface area contributed by atoms with Gasteiger partial charge in [-0.25, -0.2) is 0 Å². The molecular formula is C13H24N4. The zero-order valence-electron chi connectivity index (χ0n) is 11.2. The Morgan fingerprint density at radius 3 is 2.88 bits per heavy atom. The summed E-state index contributed by atoms with van der Waals surface area (Å²) >= 11 is 0. The van der Waals surface area contributed by atoms with Gasteiger partial charge in [0.2, 0.25) is 0 Å². The Bertz CT molecular complexity index is 347. The van der Waals surface area contributed by atoms with E-state index in [9.17, 15) is 0 Å². The second kappa shape index (κ2) is 5.63. The Balaban J connectivity index is 2.10. The van der Waals surface area contributed by atoms with Gasteiger partial charge in [0.15, 0.2) is 0 Å². The molecule has 1 aromatic heterocycles. The highest BCUT2D eigenvalue weighted by atomic mass is 15.4. The van der Waals surface area contributed by atoms with Crippen LogP contribution in [-0.2, 0) is 7.05 Å². The fourth-order valence-electron chi connectivity index (χ4n) is 2.95. The van der Waals surface area contributed by atoms with E-state index in [1.54, 1.807) is 0 Å². The summed E-state index contributed by atoms with van der Waals surface area (Å²) in [5.74, 6) is 1.61. The van der Waals surface area contributed by atoms with Crippen LogP contribution in [0.25, 0.3) is 0 Å². The van der Waals surface area contributed by atoms with Crippen molar-refractivity contribution >= 4 is 0 Å². The van der Waals surface area contributed by atoms with Crippen LogP contribution in [0.5, 0.6) is 0 Å². The van der Waals surface area contributed by atoms with E-state index in [4.69, 9.17) is 0 Å². The molecule has 0 amide bonds. The van der Waals surface area contributed by atoms with Crippen LogP contribution >= 0.6 is 0 Å². The summed E-state index contributed by atoms with van der Waals surface area (Å²) in [5.41, 5.74) is 1.23. The average Bonchev–Trinajstić information content (AvgIpc) is 2.90. The molecule has 1 heterocycles. The van der Waals surface area contributed by atoms with Crippen LogP contribution in [-0.4, -0.2) is 21.5 Å². The Hall–Kier alpha value is -0.900. The number of aryl methyl sites for hydroxylation is 1. The first-order chi connectivity index (χ1) is 8.22. The predicted octanol–water partition coefficient (Wildman–Crippen LogP) is 2.29. The highest BCUT2D eigenvalue weighted by Crippen LogP contribution is 2.38. The minimum atomic E-state index is 0.430. The molecule has 1 fully saturated rings. The maximum Gasteiger partial charge on any atom is 0.0756 e. The van der Waals surface area contributed by atoms with Crippen molar-refractivity contribution in [3.63, 3.8) is 0 Å². The van der Waals surface area contributed by atoms with Crippen LogP contribution in [0.15, 0.2) is 6.20 Å². The molecular weight excluding hydrogens is 212 g/mol. The summed E-state index contributed by atoms with van der Waals surface area (Å²) < 4.78 is 1.91. The summed E-state index contributed by atoms with van der Waals surface area (Å²) in [7, 11) is 1.99. The molecule has 3 unspecified atom stereocenters. The third-order valence-electron chi connectivity index (χ3n) is 3.89. The fraction of sp³-hybridized carbons (Fsp3) is 0.846. The zero-order chi connectivity index (χ0) is 12.3. The first kappa shape index (κ1) is 12.6. The smallest absolute Gasteiger partial charge is 0.0756 e. The van der Waals surface area contributed by atoms with E-state index in [1.165, 1.54) is 31.4 Å². The lowest BCUT2D eigenvalue weighted by Gasteiger charge is -2.24. The predicted molar refractivity (Wildman–Crippen MR) is 68.5 cm³/mol.